The average molecular weight is 412 g/mol. The van der Waals surface area contributed by atoms with Gasteiger partial charge in [-0.05, 0) is 60.9 Å². The Morgan fingerprint density at radius 2 is 2.00 bits per heavy atom. The average Bonchev–Trinajstić information content (AvgIpc) is 2.74. The predicted molar refractivity (Wildman–Crippen MR) is 119 cm³/mol. The van der Waals surface area contributed by atoms with Crippen LogP contribution in [0, 0.1) is 0 Å². The van der Waals surface area contributed by atoms with E-state index in [1.807, 2.05) is 48.5 Å². The molecular weight excluding hydrogens is 386 g/mol. The van der Waals surface area contributed by atoms with Crippen LogP contribution in [0.4, 0.5) is 11.4 Å². The molecule has 0 aliphatic carbocycles. The van der Waals surface area contributed by atoms with E-state index in [-0.39, 0.29) is 12.4 Å². The summed E-state index contributed by atoms with van der Waals surface area (Å²) in [6.45, 7) is 2.17. The van der Waals surface area contributed by atoms with Crippen molar-refractivity contribution in [3.63, 3.8) is 0 Å². The number of methoxy groups -OCH3 is 1. The highest BCUT2D eigenvalue weighted by molar-refractivity contribution is 5.85. The number of fused-ring (bicyclic) bond motifs is 1. The van der Waals surface area contributed by atoms with Crippen LogP contribution in [-0.2, 0) is 19.6 Å². The first-order valence-corrected chi connectivity index (χ1v) is 9.56. The normalized spacial score (nSPS) is 12.7. The van der Waals surface area contributed by atoms with Crippen molar-refractivity contribution in [3.8, 4) is 11.5 Å². The maximum Gasteiger partial charge on any atom is 0.130 e. The third kappa shape index (κ3) is 4.74. The van der Waals surface area contributed by atoms with Crippen molar-refractivity contribution in [2.75, 3.05) is 24.3 Å². The first-order chi connectivity index (χ1) is 13.7. The van der Waals surface area contributed by atoms with Gasteiger partial charge < -0.3 is 20.1 Å². The first kappa shape index (κ1) is 20.8. The van der Waals surface area contributed by atoms with Crippen molar-refractivity contribution in [2.45, 2.75) is 26.0 Å². The molecule has 0 fully saturated rings. The van der Waals surface area contributed by atoms with E-state index in [4.69, 9.17) is 15.2 Å². The molecule has 3 aromatic rings. The molecule has 1 aromatic heterocycles. The quantitative estimate of drug-likeness (QED) is 0.599. The molecule has 29 heavy (non-hydrogen) atoms. The number of nitrogen functional groups attached to an aromatic ring is 1. The fourth-order valence-corrected chi connectivity index (χ4v) is 3.68. The Kier molecular flexibility index (Phi) is 6.83. The third-order valence-electron chi connectivity index (χ3n) is 5.11. The Hall–Kier alpha value is -2.92. The molecule has 6 heteroatoms. The van der Waals surface area contributed by atoms with Gasteiger partial charge in [0.15, 0.2) is 0 Å². The number of nitrogens with two attached hydrogens (primary N) is 1. The molecule has 2 aromatic carbocycles. The Morgan fingerprint density at radius 1 is 1.10 bits per heavy atom. The summed E-state index contributed by atoms with van der Waals surface area (Å²) in [5, 5.41) is 0. The molecule has 0 radical (unpaired) electrons. The van der Waals surface area contributed by atoms with E-state index in [1.54, 1.807) is 13.3 Å². The molecule has 0 amide bonds. The van der Waals surface area contributed by atoms with Crippen molar-refractivity contribution in [2.24, 2.45) is 0 Å². The SMILES string of the molecule is COc1ccc(OCc2ccccn2)c(CN2CCCc3c(N)cccc32)c1.Cl. The number of hydrogen-bond acceptors (Lipinski definition) is 5. The number of pyridine rings is 1. The van der Waals surface area contributed by atoms with Gasteiger partial charge in [0.25, 0.3) is 0 Å². The zero-order valence-corrected chi connectivity index (χ0v) is 17.3. The van der Waals surface area contributed by atoms with Crippen LogP contribution in [0.2, 0.25) is 0 Å². The van der Waals surface area contributed by atoms with Crippen LogP contribution >= 0.6 is 12.4 Å². The summed E-state index contributed by atoms with van der Waals surface area (Å²) in [5.74, 6) is 1.67. The van der Waals surface area contributed by atoms with Crippen LogP contribution in [-0.4, -0.2) is 18.6 Å². The van der Waals surface area contributed by atoms with Crippen LogP contribution in [0.25, 0.3) is 0 Å². The van der Waals surface area contributed by atoms with Gasteiger partial charge in [-0.3, -0.25) is 4.98 Å². The number of rotatable bonds is 6. The summed E-state index contributed by atoms with van der Waals surface area (Å²) in [5.41, 5.74) is 11.5. The summed E-state index contributed by atoms with van der Waals surface area (Å²) in [6, 6.07) is 17.9. The number of nitrogens with zero attached hydrogens (tertiary/aromatic N) is 2. The Bertz CT molecular complexity index is 950. The largest absolute Gasteiger partial charge is 0.497 e. The van der Waals surface area contributed by atoms with E-state index in [0.717, 1.165) is 54.4 Å². The van der Waals surface area contributed by atoms with Gasteiger partial charge in [-0.1, -0.05) is 12.1 Å². The van der Waals surface area contributed by atoms with E-state index < -0.39 is 0 Å². The molecule has 0 unspecified atom stereocenters. The molecule has 0 saturated carbocycles. The molecule has 0 saturated heterocycles. The number of hydrogen-bond donors (Lipinski definition) is 1. The second-order valence-corrected chi connectivity index (χ2v) is 6.95. The molecule has 1 aliphatic heterocycles. The topological polar surface area (TPSA) is 60.6 Å². The van der Waals surface area contributed by atoms with E-state index in [9.17, 15) is 0 Å². The minimum Gasteiger partial charge on any atom is -0.497 e. The maximum atomic E-state index is 6.21. The summed E-state index contributed by atoms with van der Waals surface area (Å²) < 4.78 is 11.6. The minimum absolute atomic E-state index is 0. The van der Waals surface area contributed by atoms with Gasteiger partial charge in [0.05, 0.1) is 12.8 Å². The zero-order chi connectivity index (χ0) is 19.3. The monoisotopic (exact) mass is 411 g/mol. The van der Waals surface area contributed by atoms with Crippen molar-refractivity contribution >= 4 is 23.8 Å². The molecule has 2 N–H and O–H groups in total. The van der Waals surface area contributed by atoms with Crippen LogP contribution in [0.15, 0.2) is 60.8 Å². The van der Waals surface area contributed by atoms with Crippen LogP contribution < -0.4 is 20.1 Å². The van der Waals surface area contributed by atoms with Gasteiger partial charge in [0.2, 0.25) is 0 Å². The predicted octanol–water partition coefficient (Wildman–Crippen LogP) is 4.63. The molecular formula is C23H26ClN3O2. The summed E-state index contributed by atoms with van der Waals surface area (Å²) in [7, 11) is 1.68. The van der Waals surface area contributed by atoms with Crippen molar-refractivity contribution in [3.05, 3.63) is 77.6 Å². The summed E-state index contributed by atoms with van der Waals surface area (Å²) in [6.07, 6.45) is 3.90. The molecule has 1 aliphatic rings. The summed E-state index contributed by atoms with van der Waals surface area (Å²) in [4.78, 5) is 6.71. The highest BCUT2D eigenvalue weighted by Gasteiger charge is 2.20. The highest BCUT2D eigenvalue weighted by Crippen LogP contribution is 2.34. The molecule has 5 nitrogen and oxygen atoms in total. The second-order valence-electron chi connectivity index (χ2n) is 6.95. The minimum atomic E-state index is 0. The molecule has 152 valence electrons. The van der Waals surface area contributed by atoms with Gasteiger partial charge >= 0.3 is 0 Å². The molecule has 0 atom stereocenters. The standard InChI is InChI=1S/C23H25N3O2.ClH/c1-27-19-10-11-23(28-16-18-6-2-3-12-25-18)17(14-19)15-26-13-5-7-20-21(24)8-4-9-22(20)26;/h2-4,6,8-12,14H,5,7,13,15-16,24H2,1H3;1H. The second kappa shape index (κ2) is 9.52. The molecule has 0 spiro atoms. The van der Waals surface area contributed by atoms with Gasteiger partial charge in [0, 0.05) is 36.2 Å². The lowest BCUT2D eigenvalue weighted by Crippen LogP contribution is -2.29. The molecule has 2 heterocycles. The zero-order valence-electron chi connectivity index (χ0n) is 16.5. The fourth-order valence-electron chi connectivity index (χ4n) is 3.68. The van der Waals surface area contributed by atoms with Gasteiger partial charge in [0.1, 0.15) is 18.1 Å². The molecule has 0 bridgehead atoms. The number of halogens is 1. The van der Waals surface area contributed by atoms with Crippen LogP contribution in [0.1, 0.15) is 23.2 Å². The van der Waals surface area contributed by atoms with E-state index in [0.29, 0.717) is 6.61 Å². The van der Waals surface area contributed by atoms with Gasteiger partial charge in [-0.15, -0.1) is 12.4 Å². The van der Waals surface area contributed by atoms with Crippen LogP contribution in [0.5, 0.6) is 11.5 Å². The van der Waals surface area contributed by atoms with E-state index in [1.165, 1.54) is 11.3 Å². The van der Waals surface area contributed by atoms with Crippen molar-refractivity contribution in [1.82, 2.24) is 4.98 Å². The lowest BCUT2D eigenvalue weighted by Gasteiger charge is -2.32. The van der Waals surface area contributed by atoms with E-state index >= 15 is 0 Å². The number of aromatic nitrogens is 1. The first-order valence-electron chi connectivity index (χ1n) is 9.56. The van der Waals surface area contributed by atoms with Crippen LogP contribution in [0.3, 0.4) is 0 Å². The van der Waals surface area contributed by atoms with Gasteiger partial charge in [-0.2, -0.15) is 0 Å². The number of ether oxygens (including phenoxy) is 2. The van der Waals surface area contributed by atoms with Crippen molar-refractivity contribution in [1.29, 1.82) is 0 Å². The number of anilines is 2. The van der Waals surface area contributed by atoms with E-state index in [2.05, 4.69) is 16.0 Å². The lowest BCUT2D eigenvalue weighted by molar-refractivity contribution is 0.297. The smallest absolute Gasteiger partial charge is 0.130 e. The Balaban J connectivity index is 0.00000240. The fraction of sp³-hybridized carbons (Fsp3) is 0.261. The maximum absolute atomic E-state index is 6.21. The lowest BCUT2D eigenvalue weighted by atomic mass is 9.99. The Labute approximate surface area is 177 Å². The van der Waals surface area contributed by atoms with Crippen molar-refractivity contribution < 1.29 is 9.47 Å². The molecule has 4 rings (SSSR count). The van der Waals surface area contributed by atoms with Gasteiger partial charge in [-0.25, -0.2) is 0 Å². The third-order valence-corrected chi connectivity index (χ3v) is 5.11. The summed E-state index contributed by atoms with van der Waals surface area (Å²) >= 11 is 0. The number of benzene rings is 2. The highest BCUT2D eigenvalue weighted by atomic mass is 35.5. The Morgan fingerprint density at radius 3 is 2.79 bits per heavy atom.